The number of hydrogen-bond acceptors (Lipinski definition) is 8. The Morgan fingerprint density at radius 2 is 2.07 bits per heavy atom. The maximum Gasteiger partial charge on any atom is 0.246 e. The number of pyridine rings is 1. The second-order valence-electron chi connectivity index (χ2n) is 12.6. The van der Waals surface area contributed by atoms with Gasteiger partial charge in [0.25, 0.3) is 0 Å². The first kappa shape index (κ1) is 28.3. The number of benzene rings is 1. The molecule has 0 bridgehead atoms. The molecule has 2 aliphatic carbocycles. The standard InChI is InChI=1S/C32H40N4O4S/c1-31(2)15-24(31)22-14-23-26(16-32(8-5-9-32)40-29(23)35-17-22)34-18-27(37)25(36-28(38)19-39-3)13-20-6-4-7-21(12-20)30-33-10-11-41-30/h4,6-7,10-12,14,17,24-27,34,37H,5,8-9,13,15-16,18-19H2,1-3H3,(H,36,38)/t24-,25-,26-,27-/m0/s1. The third kappa shape index (κ3) is 6.18. The molecular weight excluding hydrogens is 536 g/mol. The first-order chi connectivity index (χ1) is 19.7. The van der Waals surface area contributed by atoms with E-state index in [-0.39, 0.29) is 24.2 Å². The van der Waals surface area contributed by atoms with Crippen LogP contribution in [0.25, 0.3) is 10.6 Å². The lowest BCUT2D eigenvalue weighted by Crippen LogP contribution is -2.52. The van der Waals surface area contributed by atoms with E-state index in [4.69, 9.17) is 14.5 Å². The Morgan fingerprint density at radius 1 is 1.24 bits per heavy atom. The fourth-order valence-corrected chi connectivity index (χ4v) is 6.99. The highest BCUT2D eigenvalue weighted by Gasteiger charge is 2.49. The predicted octanol–water partition coefficient (Wildman–Crippen LogP) is 4.79. The number of amides is 1. The Morgan fingerprint density at radius 3 is 2.76 bits per heavy atom. The van der Waals surface area contributed by atoms with Gasteiger partial charge in [-0.25, -0.2) is 9.97 Å². The van der Waals surface area contributed by atoms with E-state index in [1.807, 2.05) is 29.8 Å². The normalized spacial score (nSPS) is 23.1. The van der Waals surface area contributed by atoms with E-state index in [2.05, 4.69) is 41.6 Å². The van der Waals surface area contributed by atoms with Crippen LogP contribution in [0.5, 0.6) is 5.88 Å². The van der Waals surface area contributed by atoms with Crippen molar-refractivity contribution in [3.63, 3.8) is 0 Å². The average molecular weight is 577 g/mol. The molecule has 6 rings (SSSR count). The number of aliphatic hydroxyl groups is 1. The largest absolute Gasteiger partial charge is 0.471 e. The molecule has 2 saturated carbocycles. The molecule has 1 aliphatic heterocycles. The summed E-state index contributed by atoms with van der Waals surface area (Å²) in [5.74, 6) is 0.985. The van der Waals surface area contributed by atoms with Crippen LogP contribution in [0.4, 0.5) is 0 Å². The van der Waals surface area contributed by atoms with Gasteiger partial charge in [0.05, 0.1) is 12.1 Å². The number of nitrogens with one attached hydrogen (secondary N) is 2. The number of ether oxygens (including phenoxy) is 2. The van der Waals surface area contributed by atoms with E-state index in [1.165, 1.54) is 19.1 Å². The van der Waals surface area contributed by atoms with Crippen LogP contribution in [0.3, 0.4) is 0 Å². The minimum Gasteiger partial charge on any atom is -0.471 e. The molecule has 3 aliphatic rings. The molecule has 218 valence electrons. The van der Waals surface area contributed by atoms with E-state index in [0.29, 0.717) is 30.2 Å². The third-order valence-electron chi connectivity index (χ3n) is 9.07. The Kier molecular flexibility index (Phi) is 7.89. The van der Waals surface area contributed by atoms with Crippen molar-refractivity contribution in [1.29, 1.82) is 0 Å². The zero-order valence-corrected chi connectivity index (χ0v) is 24.9. The summed E-state index contributed by atoms with van der Waals surface area (Å²) < 4.78 is 11.5. The number of carbonyl (C=O) groups is 1. The molecule has 1 amide bonds. The van der Waals surface area contributed by atoms with Crippen LogP contribution in [-0.2, 0) is 16.0 Å². The van der Waals surface area contributed by atoms with Crippen molar-refractivity contribution >= 4 is 17.2 Å². The molecule has 1 spiro atoms. The van der Waals surface area contributed by atoms with Gasteiger partial charge in [-0.15, -0.1) is 11.3 Å². The van der Waals surface area contributed by atoms with Gasteiger partial charge in [0.15, 0.2) is 0 Å². The highest BCUT2D eigenvalue weighted by Crippen LogP contribution is 2.59. The molecule has 8 nitrogen and oxygen atoms in total. The summed E-state index contributed by atoms with van der Waals surface area (Å²) in [5.41, 5.74) is 4.52. The van der Waals surface area contributed by atoms with Crippen molar-refractivity contribution < 1.29 is 19.4 Å². The zero-order valence-electron chi connectivity index (χ0n) is 24.1. The summed E-state index contributed by atoms with van der Waals surface area (Å²) >= 11 is 1.59. The van der Waals surface area contributed by atoms with Gasteiger partial charge in [0.1, 0.15) is 17.2 Å². The number of fused-ring (bicyclic) bond motifs is 1. The summed E-state index contributed by atoms with van der Waals surface area (Å²) in [6.07, 6.45) is 8.67. The van der Waals surface area contributed by atoms with Crippen LogP contribution in [0.2, 0.25) is 0 Å². The third-order valence-corrected chi connectivity index (χ3v) is 9.89. The fraction of sp³-hybridized carbons (Fsp3) is 0.531. The number of nitrogens with zero attached hydrogens (tertiary/aromatic N) is 2. The molecule has 0 saturated heterocycles. The number of hydrogen-bond donors (Lipinski definition) is 3. The smallest absolute Gasteiger partial charge is 0.246 e. The van der Waals surface area contributed by atoms with Gasteiger partial charge in [0, 0.05) is 55.0 Å². The molecule has 4 atom stereocenters. The van der Waals surface area contributed by atoms with Gasteiger partial charge in [-0.3, -0.25) is 4.79 Å². The molecule has 9 heteroatoms. The zero-order chi connectivity index (χ0) is 28.6. The number of methoxy groups -OCH3 is 1. The minimum absolute atomic E-state index is 0.0200. The number of carbonyl (C=O) groups excluding carboxylic acids is 1. The lowest BCUT2D eigenvalue weighted by molar-refractivity contribution is -0.126. The van der Waals surface area contributed by atoms with Crippen LogP contribution in [-0.4, -0.2) is 59.0 Å². The Bertz CT molecular complexity index is 1370. The summed E-state index contributed by atoms with van der Waals surface area (Å²) in [5, 5.41) is 21.0. The van der Waals surface area contributed by atoms with E-state index in [9.17, 15) is 9.90 Å². The van der Waals surface area contributed by atoms with Crippen LogP contribution >= 0.6 is 11.3 Å². The number of thiazole rings is 1. The highest BCUT2D eigenvalue weighted by molar-refractivity contribution is 7.13. The van der Waals surface area contributed by atoms with Crippen LogP contribution in [0.15, 0.2) is 48.1 Å². The lowest BCUT2D eigenvalue weighted by Gasteiger charge is -2.47. The second-order valence-corrected chi connectivity index (χ2v) is 13.5. The van der Waals surface area contributed by atoms with Crippen molar-refractivity contribution in [2.45, 2.75) is 82.1 Å². The average Bonchev–Trinajstić information content (AvgIpc) is 3.30. The van der Waals surface area contributed by atoms with Gasteiger partial charge in [-0.1, -0.05) is 32.0 Å². The summed E-state index contributed by atoms with van der Waals surface area (Å²) in [4.78, 5) is 21.8. The molecule has 1 aromatic carbocycles. The highest BCUT2D eigenvalue weighted by atomic mass is 32.1. The monoisotopic (exact) mass is 576 g/mol. The summed E-state index contributed by atoms with van der Waals surface area (Å²) in [6, 6.07) is 9.91. The molecule has 2 aromatic heterocycles. The number of aromatic nitrogens is 2. The minimum atomic E-state index is -0.818. The SMILES string of the molecule is COCC(=O)N[C@@H](Cc1cccc(-c2nccs2)c1)[C@@H](O)CN[C@H]1CC2(CCC2)Oc2ncc([C@@H]3CC3(C)C)cc21. The van der Waals surface area contributed by atoms with Crippen molar-refractivity contribution in [2.24, 2.45) is 5.41 Å². The number of rotatable bonds is 11. The van der Waals surface area contributed by atoms with Crippen molar-refractivity contribution in [1.82, 2.24) is 20.6 Å². The van der Waals surface area contributed by atoms with Crippen molar-refractivity contribution in [3.8, 4) is 16.5 Å². The van der Waals surface area contributed by atoms with Crippen molar-refractivity contribution in [2.75, 3.05) is 20.3 Å². The van der Waals surface area contributed by atoms with Crippen LogP contribution in [0.1, 0.15) is 74.6 Å². The molecule has 0 unspecified atom stereocenters. The predicted molar refractivity (Wildman–Crippen MR) is 159 cm³/mol. The molecule has 41 heavy (non-hydrogen) atoms. The Balaban J connectivity index is 1.19. The summed E-state index contributed by atoms with van der Waals surface area (Å²) in [6.45, 7) is 4.86. The molecule has 3 heterocycles. The van der Waals surface area contributed by atoms with E-state index in [0.717, 1.165) is 47.4 Å². The van der Waals surface area contributed by atoms with Gasteiger partial charge in [0.2, 0.25) is 11.8 Å². The maximum absolute atomic E-state index is 12.6. The Labute approximate surface area is 245 Å². The van der Waals surface area contributed by atoms with Crippen LogP contribution in [0, 0.1) is 5.41 Å². The second kappa shape index (κ2) is 11.4. The quantitative estimate of drug-likeness (QED) is 0.301. The number of aliphatic hydroxyl groups excluding tert-OH is 1. The van der Waals surface area contributed by atoms with E-state index >= 15 is 0 Å². The fourth-order valence-electron chi connectivity index (χ4n) is 6.36. The first-order valence-electron chi connectivity index (χ1n) is 14.6. The topological polar surface area (TPSA) is 106 Å². The molecule has 3 N–H and O–H groups in total. The van der Waals surface area contributed by atoms with Gasteiger partial charge in [-0.2, -0.15) is 0 Å². The van der Waals surface area contributed by atoms with Crippen LogP contribution < -0.4 is 15.4 Å². The summed E-state index contributed by atoms with van der Waals surface area (Å²) in [7, 11) is 1.49. The molecule has 3 aromatic rings. The first-order valence-corrected chi connectivity index (χ1v) is 15.5. The van der Waals surface area contributed by atoms with E-state index < -0.39 is 12.1 Å². The maximum atomic E-state index is 12.6. The molecule has 2 fully saturated rings. The molecular formula is C32H40N4O4S. The lowest BCUT2D eigenvalue weighted by atomic mass is 9.73. The van der Waals surface area contributed by atoms with Gasteiger partial charge < -0.3 is 25.2 Å². The van der Waals surface area contributed by atoms with Crippen molar-refractivity contribution in [3.05, 3.63) is 64.8 Å². The van der Waals surface area contributed by atoms with Gasteiger partial charge in [-0.05, 0) is 66.7 Å². The Hall–Kier alpha value is -2.85. The van der Waals surface area contributed by atoms with E-state index in [1.54, 1.807) is 17.5 Å². The molecule has 0 radical (unpaired) electrons. The van der Waals surface area contributed by atoms with Gasteiger partial charge >= 0.3 is 0 Å².